The Morgan fingerprint density at radius 3 is 2.17 bits per heavy atom. The molecule has 2 nitrogen and oxygen atoms in total. The van der Waals surface area contributed by atoms with Gasteiger partial charge in [-0.2, -0.15) is 0 Å². The largest absolute Gasteiger partial charge is 0.506 e. The summed E-state index contributed by atoms with van der Waals surface area (Å²) in [6, 6.07) is -0.163. The summed E-state index contributed by atoms with van der Waals surface area (Å²) >= 11 is 2.62. The summed E-state index contributed by atoms with van der Waals surface area (Å²) in [5.41, 5.74) is 5.11. The minimum atomic E-state index is -9.76. The third-order valence-corrected chi connectivity index (χ3v) is 3.83. The summed E-state index contributed by atoms with van der Waals surface area (Å²) in [7, 11) is -9.76. The maximum absolute atomic E-state index is 12.6. The van der Waals surface area contributed by atoms with Gasteiger partial charge in [-0.25, -0.2) is 0 Å². The maximum atomic E-state index is 12.6. The van der Waals surface area contributed by atoms with Crippen LogP contribution in [0.15, 0.2) is 21.5 Å². The SMILES string of the molecule is CC(N)Cc1cc(S(F)(F)(F)(F)F)cc(Br)c1O. The molecule has 0 aliphatic rings. The first-order valence-corrected chi connectivity index (χ1v) is 7.46. The minimum Gasteiger partial charge on any atom is -0.506 e. The van der Waals surface area contributed by atoms with Crippen LogP contribution in [-0.4, -0.2) is 11.1 Å². The molecule has 0 saturated heterocycles. The van der Waals surface area contributed by atoms with E-state index in [2.05, 4.69) is 15.9 Å². The molecule has 0 heterocycles. The number of phenols is 1. The molecule has 1 rings (SSSR count). The van der Waals surface area contributed by atoms with E-state index >= 15 is 0 Å². The number of hydrogen-bond acceptors (Lipinski definition) is 2. The van der Waals surface area contributed by atoms with Crippen LogP contribution in [0.1, 0.15) is 12.5 Å². The molecule has 0 aromatic heterocycles. The van der Waals surface area contributed by atoms with Crippen molar-refractivity contribution in [3.63, 3.8) is 0 Å². The van der Waals surface area contributed by atoms with Crippen molar-refractivity contribution in [2.75, 3.05) is 0 Å². The van der Waals surface area contributed by atoms with Crippen molar-refractivity contribution in [2.45, 2.75) is 24.3 Å². The first-order valence-electron chi connectivity index (χ1n) is 4.72. The molecule has 0 spiro atoms. The molecule has 106 valence electrons. The van der Waals surface area contributed by atoms with Crippen LogP contribution < -0.4 is 5.73 Å². The number of benzene rings is 1. The lowest BCUT2D eigenvalue weighted by molar-refractivity contribution is 0.363. The van der Waals surface area contributed by atoms with Crippen LogP contribution in [0, 0.1) is 0 Å². The van der Waals surface area contributed by atoms with E-state index in [0.29, 0.717) is 0 Å². The molecule has 0 aliphatic heterocycles. The number of aromatic hydroxyl groups is 1. The normalized spacial score (nSPS) is 18.0. The molecule has 1 unspecified atom stereocenters. The number of halogens is 6. The highest BCUT2D eigenvalue weighted by atomic mass is 79.9. The van der Waals surface area contributed by atoms with Gasteiger partial charge < -0.3 is 10.8 Å². The molecule has 0 amide bonds. The van der Waals surface area contributed by atoms with E-state index in [-0.39, 0.29) is 24.1 Å². The zero-order valence-electron chi connectivity index (χ0n) is 9.14. The lowest BCUT2D eigenvalue weighted by Crippen LogP contribution is -2.18. The summed E-state index contributed by atoms with van der Waals surface area (Å²) in [4.78, 5) is -2.05. The van der Waals surface area contributed by atoms with Crippen molar-refractivity contribution < 1.29 is 24.5 Å². The zero-order chi connectivity index (χ0) is 14.4. The summed E-state index contributed by atoms with van der Waals surface area (Å²) in [6.45, 7) is 1.49. The van der Waals surface area contributed by atoms with E-state index in [1.165, 1.54) is 6.92 Å². The van der Waals surface area contributed by atoms with Crippen LogP contribution in [0.2, 0.25) is 0 Å². The first-order chi connectivity index (χ1) is 7.70. The van der Waals surface area contributed by atoms with Gasteiger partial charge in [-0.3, -0.25) is 0 Å². The van der Waals surface area contributed by atoms with Gasteiger partial charge in [0.05, 0.1) is 4.47 Å². The molecule has 1 aromatic rings. The van der Waals surface area contributed by atoms with Gasteiger partial charge in [0.2, 0.25) is 0 Å². The average Bonchev–Trinajstić information content (AvgIpc) is 2.07. The zero-order valence-corrected chi connectivity index (χ0v) is 11.5. The molecule has 18 heavy (non-hydrogen) atoms. The second-order valence-corrected chi connectivity index (χ2v) is 7.33. The fraction of sp³-hybridized carbons (Fsp3) is 0.333. The monoisotopic (exact) mass is 355 g/mol. The van der Waals surface area contributed by atoms with Crippen LogP contribution in [0.5, 0.6) is 5.75 Å². The van der Waals surface area contributed by atoms with Gasteiger partial charge in [-0.05, 0) is 47.0 Å². The summed E-state index contributed by atoms with van der Waals surface area (Å²) in [5.74, 6) is -0.516. The Kier molecular flexibility index (Phi) is 3.22. The lowest BCUT2D eigenvalue weighted by atomic mass is 10.1. The smallest absolute Gasteiger partial charge is 0.310 e. The highest BCUT2D eigenvalue weighted by Gasteiger charge is 2.65. The van der Waals surface area contributed by atoms with E-state index < -0.39 is 31.4 Å². The first kappa shape index (κ1) is 15.5. The number of phenolic OH excluding ortho intramolecular Hbond substituents is 1. The summed E-state index contributed by atoms with van der Waals surface area (Å²) in [5, 5.41) is 9.50. The number of rotatable bonds is 3. The minimum absolute atomic E-state index is 0.147. The van der Waals surface area contributed by atoms with Gasteiger partial charge in [-0.15, -0.1) is 0 Å². The topological polar surface area (TPSA) is 46.2 Å². The van der Waals surface area contributed by atoms with Crippen LogP contribution in [-0.2, 0) is 6.42 Å². The summed E-state index contributed by atoms with van der Waals surface area (Å²) < 4.78 is 62.8. The van der Waals surface area contributed by atoms with Crippen LogP contribution in [0.25, 0.3) is 0 Å². The van der Waals surface area contributed by atoms with E-state index in [0.717, 1.165) is 0 Å². The molecular formula is C9H11BrF5NOS. The molecule has 0 fully saturated rings. The van der Waals surface area contributed by atoms with E-state index in [1.807, 2.05) is 0 Å². The van der Waals surface area contributed by atoms with Gasteiger partial charge in [0, 0.05) is 6.04 Å². The Hall–Kier alpha value is -0.540. The number of nitrogens with two attached hydrogens (primary N) is 1. The van der Waals surface area contributed by atoms with Gasteiger partial charge >= 0.3 is 10.2 Å². The van der Waals surface area contributed by atoms with Crippen molar-refractivity contribution in [2.24, 2.45) is 5.73 Å². The van der Waals surface area contributed by atoms with E-state index in [4.69, 9.17) is 5.73 Å². The second kappa shape index (κ2) is 3.73. The Balaban J connectivity index is 3.49. The van der Waals surface area contributed by atoms with Crippen molar-refractivity contribution in [1.82, 2.24) is 0 Å². The van der Waals surface area contributed by atoms with Crippen molar-refractivity contribution in [1.29, 1.82) is 0 Å². The van der Waals surface area contributed by atoms with Crippen molar-refractivity contribution in [3.8, 4) is 5.75 Å². The van der Waals surface area contributed by atoms with E-state index in [1.54, 1.807) is 0 Å². The average molecular weight is 356 g/mol. The Morgan fingerprint density at radius 1 is 1.28 bits per heavy atom. The van der Waals surface area contributed by atoms with Crippen molar-refractivity contribution >= 4 is 26.2 Å². The van der Waals surface area contributed by atoms with Crippen LogP contribution in [0.4, 0.5) is 19.4 Å². The maximum Gasteiger partial charge on any atom is 0.310 e. The third kappa shape index (κ3) is 3.72. The lowest BCUT2D eigenvalue weighted by Gasteiger charge is -2.41. The molecule has 9 heteroatoms. The predicted molar refractivity (Wildman–Crippen MR) is 64.6 cm³/mol. The predicted octanol–water partition coefficient (Wildman–Crippen LogP) is 4.70. The Morgan fingerprint density at radius 2 is 1.78 bits per heavy atom. The molecule has 0 radical (unpaired) electrons. The fourth-order valence-corrected chi connectivity index (χ4v) is 2.71. The summed E-state index contributed by atoms with van der Waals surface area (Å²) in [6.07, 6.45) is -0.147. The second-order valence-electron chi connectivity index (χ2n) is 4.06. The molecule has 0 saturated carbocycles. The molecule has 0 bridgehead atoms. The molecule has 1 aromatic carbocycles. The highest BCUT2D eigenvalue weighted by molar-refractivity contribution is 9.10. The van der Waals surface area contributed by atoms with E-state index in [9.17, 15) is 24.5 Å². The van der Waals surface area contributed by atoms with Crippen LogP contribution in [0.3, 0.4) is 0 Å². The van der Waals surface area contributed by atoms with Gasteiger partial charge in [0.1, 0.15) is 10.6 Å². The quantitative estimate of drug-likeness (QED) is 0.771. The third-order valence-electron chi connectivity index (χ3n) is 2.10. The molecule has 0 aliphatic carbocycles. The highest BCUT2D eigenvalue weighted by Crippen LogP contribution is 3.02. The van der Waals surface area contributed by atoms with Crippen LogP contribution >= 0.6 is 26.2 Å². The number of hydrogen-bond donors (Lipinski definition) is 2. The van der Waals surface area contributed by atoms with Gasteiger partial charge in [0.15, 0.2) is 0 Å². The standard InChI is InChI=1S/C9H11BrF5NOS/c1-5(16)2-6-3-7(4-8(10)9(6)17)18(11,12,13,14)15/h3-5,17H,2,16H2,1H3. The van der Waals surface area contributed by atoms with Crippen molar-refractivity contribution in [3.05, 3.63) is 22.2 Å². The van der Waals surface area contributed by atoms with Gasteiger partial charge in [-0.1, -0.05) is 19.4 Å². The molecule has 3 N–H and O–H groups in total. The molecular weight excluding hydrogens is 345 g/mol. The molecule has 1 atom stereocenters. The fourth-order valence-electron chi connectivity index (χ4n) is 1.35. The Bertz CT molecular complexity index is 487. The Labute approximate surface area is 109 Å². The van der Waals surface area contributed by atoms with Gasteiger partial charge in [0.25, 0.3) is 0 Å².